The number of nitrogens with one attached hydrogen (secondary N) is 1. The van der Waals surface area contributed by atoms with Crippen molar-refractivity contribution < 1.29 is 19.1 Å². The van der Waals surface area contributed by atoms with Gasteiger partial charge in [-0.3, -0.25) is 9.59 Å². The van der Waals surface area contributed by atoms with E-state index in [0.717, 1.165) is 37.4 Å². The molecule has 1 aliphatic heterocycles. The zero-order chi connectivity index (χ0) is 23.9. The predicted octanol–water partition coefficient (Wildman–Crippen LogP) is 5.81. The van der Waals surface area contributed by atoms with Crippen LogP contribution in [0.3, 0.4) is 0 Å². The molecule has 2 aromatic rings. The standard InChI is InChI=1S/C28H36N2O4/c1-3-4-8-21-11-13-22(14-12-21)27(31)29-23-15-16-25-26(19-23)34-20(2)28(32)30(25)17-18-33-24-9-6-5-7-10-24/h5-7,9-10,15-16,19-22H,3-4,8,11-14,17-18H2,1-2H3,(H,29,31). The molecule has 0 saturated heterocycles. The third-order valence-corrected chi connectivity index (χ3v) is 6.95. The van der Waals surface area contributed by atoms with E-state index in [4.69, 9.17) is 9.47 Å². The summed E-state index contributed by atoms with van der Waals surface area (Å²) >= 11 is 0. The van der Waals surface area contributed by atoms with E-state index in [-0.39, 0.29) is 17.7 Å². The monoisotopic (exact) mass is 464 g/mol. The lowest BCUT2D eigenvalue weighted by Gasteiger charge is -2.33. The van der Waals surface area contributed by atoms with Crippen molar-refractivity contribution in [3.63, 3.8) is 0 Å². The zero-order valence-corrected chi connectivity index (χ0v) is 20.3. The largest absolute Gasteiger partial charge is 0.492 e. The number of carbonyl (C=O) groups excluding carboxylic acids is 2. The maximum Gasteiger partial charge on any atom is 0.267 e. The van der Waals surface area contributed by atoms with Crippen molar-refractivity contribution in [3.8, 4) is 11.5 Å². The molecule has 1 N–H and O–H groups in total. The molecule has 2 aliphatic rings. The van der Waals surface area contributed by atoms with Crippen LogP contribution < -0.4 is 19.7 Å². The molecule has 1 fully saturated rings. The van der Waals surface area contributed by atoms with Crippen LogP contribution in [-0.2, 0) is 9.59 Å². The smallest absolute Gasteiger partial charge is 0.267 e. The first-order valence-corrected chi connectivity index (χ1v) is 12.7. The summed E-state index contributed by atoms with van der Waals surface area (Å²) in [5.41, 5.74) is 1.41. The molecule has 6 heteroatoms. The molecule has 0 spiro atoms. The molecule has 1 atom stereocenters. The van der Waals surface area contributed by atoms with Gasteiger partial charge in [0.25, 0.3) is 5.91 Å². The number of rotatable bonds is 9. The second kappa shape index (κ2) is 11.4. The first-order chi connectivity index (χ1) is 16.5. The van der Waals surface area contributed by atoms with E-state index >= 15 is 0 Å². The molecule has 0 radical (unpaired) electrons. The predicted molar refractivity (Wildman–Crippen MR) is 134 cm³/mol. The highest BCUT2D eigenvalue weighted by Gasteiger charge is 2.32. The van der Waals surface area contributed by atoms with Gasteiger partial charge in [-0.25, -0.2) is 0 Å². The number of fused-ring (bicyclic) bond motifs is 1. The Morgan fingerprint density at radius 1 is 1.12 bits per heavy atom. The second-order valence-corrected chi connectivity index (χ2v) is 9.44. The highest BCUT2D eigenvalue weighted by Crippen LogP contribution is 2.37. The summed E-state index contributed by atoms with van der Waals surface area (Å²) in [5, 5.41) is 3.08. The maximum atomic E-state index is 12.9. The number of hydrogen-bond acceptors (Lipinski definition) is 4. The summed E-state index contributed by atoms with van der Waals surface area (Å²) in [6.07, 6.45) is 7.43. The summed E-state index contributed by atoms with van der Waals surface area (Å²) < 4.78 is 11.7. The van der Waals surface area contributed by atoms with Gasteiger partial charge in [0.15, 0.2) is 6.10 Å². The second-order valence-electron chi connectivity index (χ2n) is 9.44. The van der Waals surface area contributed by atoms with Crippen molar-refractivity contribution in [2.75, 3.05) is 23.4 Å². The van der Waals surface area contributed by atoms with E-state index in [9.17, 15) is 9.59 Å². The van der Waals surface area contributed by atoms with Crippen molar-refractivity contribution in [3.05, 3.63) is 48.5 Å². The first kappa shape index (κ1) is 24.1. The number of anilines is 2. The normalized spacial score (nSPS) is 22.0. The number of carbonyl (C=O) groups is 2. The van der Waals surface area contributed by atoms with Crippen LogP contribution in [0.25, 0.3) is 0 Å². The Morgan fingerprint density at radius 3 is 2.62 bits per heavy atom. The van der Waals surface area contributed by atoms with Crippen LogP contribution in [0.1, 0.15) is 58.8 Å². The molecular formula is C28H36N2O4. The lowest BCUT2D eigenvalue weighted by molar-refractivity contribution is -0.125. The summed E-state index contributed by atoms with van der Waals surface area (Å²) in [6.45, 7) is 4.77. The van der Waals surface area contributed by atoms with Crippen molar-refractivity contribution in [1.29, 1.82) is 0 Å². The number of hydrogen-bond donors (Lipinski definition) is 1. The van der Waals surface area contributed by atoms with Crippen molar-refractivity contribution >= 4 is 23.2 Å². The number of nitrogens with zero attached hydrogens (tertiary/aromatic N) is 1. The van der Waals surface area contributed by atoms with Gasteiger partial charge in [0.1, 0.15) is 18.1 Å². The average Bonchev–Trinajstić information content (AvgIpc) is 2.86. The van der Waals surface area contributed by atoms with Crippen LogP contribution in [0.4, 0.5) is 11.4 Å². The molecule has 1 unspecified atom stereocenters. The highest BCUT2D eigenvalue weighted by atomic mass is 16.5. The SMILES string of the molecule is CCCCC1CCC(C(=O)Nc2ccc3c(c2)OC(C)C(=O)N3CCOc2ccccc2)CC1. The molecule has 1 saturated carbocycles. The van der Waals surface area contributed by atoms with Crippen LogP contribution in [0, 0.1) is 11.8 Å². The van der Waals surface area contributed by atoms with Gasteiger partial charge in [-0.2, -0.15) is 0 Å². The van der Waals surface area contributed by atoms with Gasteiger partial charge < -0.3 is 19.7 Å². The fraction of sp³-hybridized carbons (Fsp3) is 0.500. The Morgan fingerprint density at radius 2 is 1.88 bits per heavy atom. The Balaban J connectivity index is 1.36. The number of amides is 2. The highest BCUT2D eigenvalue weighted by molar-refractivity contribution is 6.01. The third-order valence-electron chi connectivity index (χ3n) is 6.95. The summed E-state index contributed by atoms with van der Waals surface area (Å²) in [5.74, 6) is 2.21. The molecule has 182 valence electrons. The van der Waals surface area contributed by atoms with Gasteiger partial charge in [-0.05, 0) is 62.8 Å². The molecule has 0 bridgehead atoms. The van der Waals surface area contributed by atoms with Crippen molar-refractivity contribution in [2.45, 2.75) is 64.9 Å². The minimum Gasteiger partial charge on any atom is -0.492 e. The van der Waals surface area contributed by atoms with Gasteiger partial charge >= 0.3 is 0 Å². The van der Waals surface area contributed by atoms with E-state index in [2.05, 4.69) is 12.2 Å². The first-order valence-electron chi connectivity index (χ1n) is 12.7. The number of para-hydroxylation sites is 1. The lowest BCUT2D eigenvalue weighted by atomic mass is 9.79. The van der Waals surface area contributed by atoms with Crippen LogP contribution >= 0.6 is 0 Å². The molecule has 2 aromatic carbocycles. The quantitative estimate of drug-likeness (QED) is 0.508. The number of unbranched alkanes of at least 4 members (excludes halogenated alkanes) is 1. The molecule has 4 rings (SSSR count). The van der Waals surface area contributed by atoms with Crippen molar-refractivity contribution in [2.24, 2.45) is 11.8 Å². The van der Waals surface area contributed by atoms with E-state index in [0.29, 0.717) is 30.3 Å². The van der Waals surface area contributed by atoms with Crippen LogP contribution in [0.2, 0.25) is 0 Å². The fourth-order valence-electron chi connectivity index (χ4n) is 4.94. The summed E-state index contributed by atoms with van der Waals surface area (Å²) in [4.78, 5) is 27.4. The fourth-order valence-corrected chi connectivity index (χ4v) is 4.94. The van der Waals surface area contributed by atoms with Crippen LogP contribution in [0.5, 0.6) is 11.5 Å². The zero-order valence-electron chi connectivity index (χ0n) is 20.3. The minimum atomic E-state index is -0.589. The van der Waals surface area contributed by atoms with Gasteiger partial charge in [0.2, 0.25) is 5.91 Å². The number of benzene rings is 2. The third kappa shape index (κ3) is 5.91. The Labute approximate surface area is 202 Å². The minimum absolute atomic E-state index is 0.0713. The molecule has 1 heterocycles. The lowest BCUT2D eigenvalue weighted by Crippen LogP contribution is -2.46. The molecule has 1 aliphatic carbocycles. The van der Waals surface area contributed by atoms with Gasteiger partial charge in [-0.1, -0.05) is 44.4 Å². The molecule has 34 heavy (non-hydrogen) atoms. The van der Waals surface area contributed by atoms with Crippen LogP contribution in [0.15, 0.2) is 48.5 Å². The Hall–Kier alpha value is -3.02. The van der Waals surface area contributed by atoms with E-state index in [1.54, 1.807) is 11.8 Å². The Bertz CT molecular complexity index is 970. The van der Waals surface area contributed by atoms with E-state index < -0.39 is 6.10 Å². The van der Waals surface area contributed by atoms with E-state index in [1.165, 1.54) is 19.3 Å². The van der Waals surface area contributed by atoms with Gasteiger partial charge in [0, 0.05) is 17.7 Å². The summed E-state index contributed by atoms with van der Waals surface area (Å²) in [6, 6.07) is 15.1. The molecule has 0 aromatic heterocycles. The van der Waals surface area contributed by atoms with Gasteiger partial charge in [0.05, 0.1) is 12.2 Å². The van der Waals surface area contributed by atoms with Gasteiger partial charge in [-0.15, -0.1) is 0 Å². The topological polar surface area (TPSA) is 67.9 Å². The Kier molecular flexibility index (Phi) is 8.09. The van der Waals surface area contributed by atoms with Crippen LogP contribution in [-0.4, -0.2) is 31.1 Å². The summed E-state index contributed by atoms with van der Waals surface area (Å²) in [7, 11) is 0. The van der Waals surface area contributed by atoms with E-state index in [1.807, 2.05) is 48.5 Å². The molecule has 2 amide bonds. The number of ether oxygens (including phenoxy) is 2. The molecule has 6 nitrogen and oxygen atoms in total. The maximum absolute atomic E-state index is 12.9. The van der Waals surface area contributed by atoms with Crippen molar-refractivity contribution in [1.82, 2.24) is 0 Å². The average molecular weight is 465 g/mol. The molecular weight excluding hydrogens is 428 g/mol.